The van der Waals surface area contributed by atoms with Gasteiger partial charge in [-0.25, -0.2) is 0 Å². The van der Waals surface area contributed by atoms with E-state index in [2.05, 4.69) is 11.4 Å². The van der Waals surface area contributed by atoms with E-state index in [0.717, 1.165) is 13.0 Å². The summed E-state index contributed by atoms with van der Waals surface area (Å²) in [4.78, 5) is 8.31. The van der Waals surface area contributed by atoms with Crippen molar-refractivity contribution in [2.75, 3.05) is 13.2 Å². The molecule has 1 unspecified atom stereocenters. The van der Waals surface area contributed by atoms with Crippen LogP contribution in [0.3, 0.4) is 0 Å². The molecule has 3 atom stereocenters. The summed E-state index contributed by atoms with van der Waals surface area (Å²) in [6, 6.07) is 0. The zero-order chi connectivity index (χ0) is 8.27. The maximum Gasteiger partial charge on any atom is 0.694 e. The van der Waals surface area contributed by atoms with Gasteiger partial charge >= 0.3 is 8.25 Å². The predicted octanol–water partition coefficient (Wildman–Crippen LogP) is 1.08. The largest absolute Gasteiger partial charge is 0.694 e. The van der Waals surface area contributed by atoms with Gasteiger partial charge in [0.05, 0.1) is 6.10 Å². The molecule has 5 heteroatoms. The quantitative estimate of drug-likeness (QED) is 0.658. The molecule has 0 aromatic heterocycles. The molecule has 0 saturated carbocycles. The molecule has 0 spiro atoms. The van der Waals surface area contributed by atoms with Gasteiger partial charge in [-0.2, -0.15) is 0 Å². The van der Waals surface area contributed by atoms with Gasteiger partial charge < -0.3 is 4.74 Å². The SMILES string of the molecule is C[C@@H]1CO[C@H](CO[P+](=O)O)C1. The summed E-state index contributed by atoms with van der Waals surface area (Å²) >= 11 is 0. The van der Waals surface area contributed by atoms with Gasteiger partial charge in [-0.15, -0.1) is 9.42 Å². The van der Waals surface area contributed by atoms with Gasteiger partial charge in [-0.05, 0) is 12.3 Å². The molecule has 1 heterocycles. The molecular weight excluding hydrogens is 167 g/mol. The molecule has 0 aliphatic carbocycles. The highest BCUT2D eigenvalue weighted by Gasteiger charge is 2.25. The summed E-state index contributed by atoms with van der Waals surface area (Å²) in [7, 11) is -2.46. The van der Waals surface area contributed by atoms with Crippen molar-refractivity contribution in [1.82, 2.24) is 0 Å². The van der Waals surface area contributed by atoms with E-state index in [4.69, 9.17) is 9.63 Å². The molecule has 1 aliphatic heterocycles. The van der Waals surface area contributed by atoms with Gasteiger partial charge in [0.2, 0.25) is 0 Å². The van der Waals surface area contributed by atoms with Crippen LogP contribution in [0.4, 0.5) is 0 Å². The molecule has 1 N–H and O–H groups in total. The third-order valence-electron chi connectivity index (χ3n) is 1.65. The maximum absolute atomic E-state index is 10.1. The normalized spacial score (nSPS) is 32.4. The van der Waals surface area contributed by atoms with Crippen molar-refractivity contribution in [1.29, 1.82) is 0 Å². The molecule has 1 aliphatic rings. The maximum atomic E-state index is 10.1. The molecule has 0 radical (unpaired) electrons. The Kier molecular flexibility index (Phi) is 3.40. The van der Waals surface area contributed by atoms with Crippen LogP contribution >= 0.6 is 8.25 Å². The summed E-state index contributed by atoms with van der Waals surface area (Å²) in [6.07, 6.45) is 0.930. The standard InChI is InChI=1S/C6H11O4P/c1-5-2-6(9-3-5)4-10-11(7)8/h5-6H,2-4H2,1H3/p+1/t5-,6-/m0/s1. The highest BCUT2D eigenvalue weighted by atomic mass is 31.1. The molecule has 0 bridgehead atoms. The zero-order valence-electron chi connectivity index (χ0n) is 6.40. The highest BCUT2D eigenvalue weighted by Crippen LogP contribution is 2.22. The van der Waals surface area contributed by atoms with Crippen LogP contribution in [0.5, 0.6) is 0 Å². The van der Waals surface area contributed by atoms with Crippen LogP contribution in [-0.4, -0.2) is 24.2 Å². The lowest BCUT2D eigenvalue weighted by Gasteiger charge is -2.01. The van der Waals surface area contributed by atoms with Crippen molar-refractivity contribution in [2.24, 2.45) is 5.92 Å². The van der Waals surface area contributed by atoms with Gasteiger partial charge in [0.15, 0.2) is 0 Å². The summed E-state index contributed by atoms with van der Waals surface area (Å²) in [5.41, 5.74) is 0. The van der Waals surface area contributed by atoms with Gasteiger partial charge in [-0.1, -0.05) is 6.92 Å². The summed E-state index contributed by atoms with van der Waals surface area (Å²) in [5, 5.41) is 0. The Hall–Kier alpha value is -0.0200. The summed E-state index contributed by atoms with van der Waals surface area (Å²) < 4.78 is 19.9. The lowest BCUT2D eigenvalue weighted by molar-refractivity contribution is 0.0649. The van der Waals surface area contributed by atoms with E-state index in [1.54, 1.807) is 0 Å². The molecule has 1 rings (SSSR count). The Morgan fingerprint density at radius 1 is 1.82 bits per heavy atom. The number of ether oxygens (including phenoxy) is 1. The Morgan fingerprint density at radius 2 is 2.55 bits per heavy atom. The average molecular weight is 179 g/mol. The second-order valence-corrected chi connectivity index (χ2v) is 3.56. The second-order valence-electron chi connectivity index (χ2n) is 2.83. The van der Waals surface area contributed by atoms with Crippen LogP contribution in [0.1, 0.15) is 13.3 Å². The smallest absolute Gasteiger partial charge is 0.375 e. The third kappa shape index (κ3) is 3.25. The first-order valence-electron chi connectivity index (χ1n) is 3.59. The van der Waals surface area contributed by atoms with Gasteiger partial charge in [0, 0.05) is 11.2 Å². The van der Waals surface area contributed by atoms with Crippen LogP contribution < -0.4 is 0 Å². The van der Waals surface area contributed by atoms with Gasteiger partial charge in [0.1, 0.15) is 6.61 Å². The Morgan fingerprint density at radius 3 is 3.00 bits per heavy atom. The number of rotatable bonds is 3. The van der Waals surface area contributed by atoms with E-state index < -0.39 is 8.25 Å². The van der Waals surface area contributed by atoms with E-state index in [0.29, 0.717) is 5.92 Å². The monoisotopic (exact) mass is 179 g/mol. The minimum Gasteiger partial charge on any atom is -0.375 e. The summed E-state index contributed by atoms with van der Waals surface area (Å²) in [6.45, 7) is 3.05. The Balaban J connectivity index is 2.13. The third-order valence-corrected chi connectivity index (χ3v) is 2.02. The van der Waals surface area contributed by atoms with Crippen molar-refractivity contribution in [2.45, 2.75) is 19.4 Å². The molecule has 11 heavy (non-hydrogen) atoms. The molecule has 0 aromatic rings. The molecule has 4 nitrogen and oxygen atoms in total. The summed E-state index contributed by atoms with van der Waals surface area (Å²) in [5.74, 6) is 0.542. The molecule has 64 valence electrons. The fraction of sp³-hybridized carbons (Fsp3) is 1.00. The van der Waals surface area contributed by atoms with E-state index in [1.165, 1.54) is 0 Å². The number of hydrogen-bond acceptors (Lipinski definition) is 3. The molecule has 1 fully saturated rings. The molecule has 0 aromatic carbocycles. The van der Waals surface area contributed by atoms with Gasteiger partial charge in [-0.3, -0.25) is 0 Å². The zero-order valence-corrected chi connectivity index (χ0v) is 7.29. The molecule has 1 saturated heterocycles. The minimum atomic E-state index is -2.46. The van der Waals surface area contributed by atoms with E-state index in [1.807, 2.05) is 0 Å². The van der Waals surface area contributed by atoms with Crippen molar-refractivity contribution >= 4 is 8.25 Å². The minimum absolute atomic E-state index is 0.0103. The lowest BCUT2D eigenvalue weighted by Crippen LogP contribution is -2.11. The van der Waals surface area contributed by atoms with Crippen LogP contribution in [0.25, 0.3) is 0 Å². The van der Waals surface area contributed by atoms with Crippen molar-refractivity contribution in [3.8, 4) is 0 Å². The topological polar surface area (TPSA) is 55.8 Å². The fourth-order valence-electron chi connectivity index (χ4n) is 1.15. The lowest BCUT2D eigenvalue weighted by atomic mass is 10.1. The molecule has 0 amide bonds. The predicted molar refractivity (Wildman–Crippen MR) is 39.3 cm³/mol. The van der Waals surface area contributed by atoms with Gasteiger partial charge in [0.25, 0.3) is 0 Å². The first kappa shape index (κ1) is 9.07. The van der Waals surface area contributed by atoms with E-state index >= 15 is 0 Å². The van der Waals surface area contributed by atoms with Crippen LogP contribution in [0.2, 0.25) is 0 Å². The average Bonchev–Trinajstić information content (AvgIpc) is 2.31. The van der Waals surface area contributed by atoms with Crippen molar-refractivity contribution in [3.63, 3.8) is 0 Å². The van der Waals surface area contributed by atoms with Crippen LogP contribution in [0, 0.1) is 5.92 Å². The Labute approximate surface area is 66.5 Å². The fourth-order valence-corrected chi connectivity index (χ4v) is 1.44. The first-order valence-corrected chi connectivity index (χ1v) is 4.72. The van der Waals surface area contributed by atoms with Crippen LogP contribution in [0.15, 0.2) is 0 Å². The second kappa shape index (κ2) is 4.12. The van der Waals surface area contributed by atoms with E-state index in [9.17, 15) is 4.57 Å². The van der Waals surface area contributed by atoms with Crippen molar-refractivity contribution < 1.29 is 18.7 Å². The van der Waals surface area contributed by atoms with Crippen molar-refractivity contribution in [3.05, 3.63) is 0 Å². The number of hydrogen-bond donors (Lipinski definition) is 1. The highest BCUT2D eigenvalue weighted by molar-refractivity contribution is 7.32. The van der Waals surface area contributed by atoms with Crippen LogP contribution in [-0.2, 0) is 13.8 Å². The van der Waals surface area contributed by atoms with E-state index in [-0.39, 0.29) is 12.7 Å². The molecular formula is C6H12O4P+. The Bertz CT molecular complexity index is 150. The first-order chi connectivity index (χ1) is 5.18.